The van der Waals surface area contributed by atoms with Crippen LogP contribution in [0.25, 0.3) is 0 Å². The van der Waals surface area contributed by atoms with E-state index < -0.39 is 74.4 Å². The number of hydrogen-bond acceptors (Lipinski definition) is 12. The van der Waals surface area contributed by atoms with E-state index in [1.807, 2.05) is 0 Å². The molecule has 0 radical (unpaired) electrons. The fourth-order valence-electron chi connectivity index (χ4n) is 2.30. The molecule has 1 rings (SSSR count). The molecule has 0 aromatic rings. The lowest BCUT2D eigenvalue weighted by atomic mass is 9.98. The van der Waals surface area contributed by atoms with Gasteiger partial charge in [-0.1, -0.05) is 0 Å². The van der Waals surface area contributed by atoms with E-state index >= 15 is 0 Å². The average Bonchev–Trinajstić information content (AvgIpc) is 2.64. The minimum atomic E-state index is -1.95. The standard InChI is InChI=1S/C13H25N3O11/c14-13(25)16-15-1-4(19)7(21)11(5(20)2-17)27-12-10(24)9(23)8(22)6(3-18)26-12/h1,4-12,17-24H,2-3H2,(H3,14,16,25)/b15-1+/t4-,5-,6+,7-,8+,9+,10+,11+,12+/m1/s1. The number of ether oxygens (including phenoxy) is 2. The summed E-state index contributed by atoms with van der Waals surface area (Å²) in [4.78, 5) is 10.5. The van der Waals surface area contributed by atoms with Crippen molar-refractivity contribution >= 4 is 12.2 Å². The van der Waals surface area contributed by atoms with Gasteiger partial charge >= 0.3 is 6.03 Å². The van der Waals surface area contributed by atoms with E-state index in [2.05, 4.69) is 5.10 Å². The van der Waals surface area contributed by atoms with Crippen molar-refractivity contribution in [3.05, 3.63) is 0 Å². The van der Waals surface area contributed by atoms with Gasteiger partial charge in [0.25, 0.3) is 0 Å². The van der Waals surface area contributed by atoms with Crippen LogP contribution < -0.4 is 11.2 Å². The first-order valence-electron chi connectivity index (χ1n) is 7.83. The number of hydrazone groups is 1. The second-order valence-electron chi connectivity index (χ2n) is 5.78. The summed E-state index contributed by atoms with van der Waals surface area (Å²) in [6, 6.07) is -1.04. The summed E-state index contributed by atoms with van der Waals surface area (Å²) in [6.07, 6.45) is -15.0. The van der Waals surface area contributed by atoms with Gasteiger partial charge in [0.1, 0.15) is 48.8 Å². The van der Waals surface area contributed by atoms with Crippen LogP contribution in [0.15, 0.2) is 5.10 Å². The molecule has 14 heteroatoms. The molecule has 0 unspecified atom stereocenters. The molecule has 1 aliphatic rings. The largest absolute Gasteiger partial charge is 0.394 e. The highest BCUT2D eigenvalue weighted by Crippen LogP contribution is 2.24. The van der Waals surface area contributed by atoms with Crippen LogP contribution in [0.3, 0.4) is 0 Å². The van der Waals surface area contributed by atoms with Gasteiger partial charge in [0.05, 0.1) is 19.4 Å². The topological polar surface area (TPSA) is 248 Å². The van der Waals surface area contributed by atoms with Crippen molar-refractivity contribution in [2.24, 2.45) is 10.8 Å². The quantitative estimate of drug-likeness (QED) is 0.129. The second-order valence-corrected chi connectivity index (χ2v) is 5.78. The molecule has 158 valence electrons. The van der Waals surface area contributed by atoms with Gasteiger partial charge in [-0.15, -0.1) is 0 Å². The number of aliphatic hydroxyl groups is 8. The first-order chi connectivity index (χ1) is 12.6. The molecular weight excluding hydrogens is 374 g/mol. The summed E-state index contributed by atoms with van der Waals surface area (Å²) < 4.78 is 10.2. The molecule has 14 nitrogen and oxygen atoms in total. The minimum Gasteiger partial charge on any atom is -0.394 e. The lowest BCUT2D eigenvalue weighted by molar-refractivity contribution is -0.326. The molecule has 0 spiro atoms. The Morgan fingerprint density at radius 2 is 1.81 bits per heavy atom. The van der Waals surface area contributed by atoms with Crippen LogP contribution in [0.2, 0.25) is 0 Å². The van der Waals surface area contributed by atoms with Crippen molar-refractivity contribution in [2.75, 3.05) is 13.2 Å². The monoisotopic (exact) mass is 399 g/mol. The summed E-state index contributed by atoms with van der Waals surface area (Å²) in [7, 11) is 0. The Bertz CT molecular complexity index is 494. The number of amides is 2. The zero-order chi connectivity index (χ0) is 20.7. The van der Waals surface area contributed by atoms with Gasteiger partial charge in [-0.25, -0.2) is 10.2 Å². The fraction of sp³-hybridized carbons (Fsp3) is 0.846. The maximum atomic E-state index is 10.5. The summed E-state index contributed by atoms with van der Waals surface area (Å²) in [6.45, 7) is -1.67. The number of nitrogens with one attached hydrogen (secondary N) is 1. The molecule has 1 aliphatic heterocycles. The summed E-state index contributed by atoms with van der Waals surface area (Å²) in [5, 5.41) is 80.6. The number of nitrogens with zero attached hydrogens (tertiary/aromatic N) is 1. The fourth-order valence-corrected chi connectivity index (χ4v) is 2.30. The van der Waals surface area contributed by atoms with E-state index in [9.17, 15) is 35.4 Å². The average molecular weight is 399 g/mol. The van der Waals surface area contributed by atoms with Gasteiger partial charge in [0.2, 0.25) is 0 Å². The smallest absolute Gasteiger partial charge is 0.332 e. The van der Waals surface area contributed by atoms with Crippen molar-refractivity contribution in [1.82, 2.24) is 5.43 Å². The van der Waals surface area contributed by atoms with Gasteiger partial charge in [0, 0.05) is 0 Å². The highest BCUT2D eigenvalue weighted by Gasteiger charge is 2.46. The molecule has 0 bridgehead atoms. The van der Waals surface area contributed by atoms with E-state index in [1.54, 1.807) is 5.43 Å². The molecule has 1 heterocycles. The van der Waals surface area contributed by atoms with Gasteiger partial charge in [-0.05, 0) is 0 Å². The van der Waals surface area contributed by atoms with Crippen molar-refractivity contribution in [2.45, 2.75) is 55.1 Å². The summed E-state index contributed by atoms with van der Waals surface area (Å²) in [5.41, 5.74) is 6.52. The van der Waals surface area contributed by atoms with Crippen molar-refractivity contribution in [1.29, 1.82) is 0 Å². The van der Waals surface area contributed by atoms with E-state index in [4.69, 9.17) is 25.4 Å². The zero-order valence-electron chi connectivity index (χ0n) is 14.0. The van der Waals surface area contributed by atoms with Gasteiger partial charge < -0.3 is 56.1 Å². The second kappa shape index (κ2) is 10.8. The summed E-state index contributed by atoms with van der Waals surface area (Å²) in [5.74, 6) is 0. The zero-order valence-corrected chi connectivity index (χ0v) is 14.0. The van der Waals surface area contributed by atoms with Crippen LogP contribution in [0.4, 0.5) is 4.79 Å². The molecule has 11 N–H and O–H groups in total. The Balaban J connectivity index is 2.90. The van der Waals surface area contributed by atoms with Gasteiger partial charge in [-0.3, -0.25) is 0 Å². The van der Waals surface area contributed by atoms with E-state index in [-0.39, 0.29) is 0 Å². The van der Waals surface area contributed by atoms with Crippen LogP contribution in [-0.4, -0.2) is 121 Å². The van der Waals surface area contributed by atoms with Crippen LogP contribution in [0, 0.1) is 0 Å². The third-order valence-corrected chi connectivity index (χ3v) is 3.79. The number of rotatable bonds is 9. The number of urea groups is 1. The lowest BCUT2D eigenvalue weighted by Gasteiger charge is -2.42. The molecule has 0 aliphatic carbocycles. The normalized spacial score (nSPS) is 33.4. The van der Waals surface area contributed by atoms with E-state index in [1.165, 1.54) is 0 Å². The minimum absolute atomic E-state index is 0.656. The number of carbonyl (C=O) groups is 1. The number of aliphatic hydroxyl groups excluding tert-OH is 8. The van der Waals surface area contributed by atoms with Crippen LogP contribution in [0.1, 0.15) is 0 Å². The van der Waals surface area contributed by atoms with Crippen LogP contribution in [-0.2, 0) is 9.47 Å². The highest BCUT2D eigenvalue weighted by atomic mass is 16.7. The first kappa shape index (κ1) is 23.6. The molecule has 0 aromatic heterocycles. The summed E-state index contributed by atoms with van der Waals surface area (Å²) >= 11 is 0. The molecule has 1 fully saturated rings. The van der Waals surface area contributed by atoms with Crippen molar-refractivity contribution < 1.29 is 55.1 Å². The first-order valence-corrected chi connectivity index (χ1v) is 7.83. The lowest BCUT2D eigenvalue weighted by Crippen LogP contribution is -2.61. The van der Waals surface area contributed by atoms with Gasteiger partial charge in [-0.2, -0.15) is 5.10 Å². The predicted octanol–water partition coefficient (Wildman–Crippen LogP) is -6.10. The predicted molar refractivity (Wildman–Crippen MR) is 85.0 cm³/mol. The molecule has 2 amide bonds. The highest BCUT2D eigenvalue weighted by molar-refractivity contribution is 5.73. The molecule has 1 saturated heterocycles. The Hall–Kier alpha value is -1.46. The maximum absolute atomic E-state index is 10.5. The van der Waals surface area contributed by atoms with Crippen molar-refractivity contribution in [3.63, 3.8) is 0 Å². The van der Waals surface area contributed by atoms with Crippen LogP contribution in [0.5, 0.6) is 0 Å². The Kier molecular flexibility index (Phi) is 9.40. The molecule has 9 atom stereocenters. The number of nitrogens with two attached hydrogens (primary N) is 1. The Morgan fingerprint density at radius 3 is 2.33 bits per heavy atom. The third kappa shape index (κ3) is 6.28. The number of primary amides is 1. The maximum Gasteiger partial charge on any atom is 0.332 e. The SMILES string of the molecule is NC(=O)N/N=C/[C@@H](O)[C@@H](O)[C@@H](O[C@@H]1O[C@@H](CO)[C@H](O)[C@H](O)[C@@H]1O)[C@H](O)CO. The third-order valence-electron chi connectivity index (χ3n) is 3.79. The van der Waals surface area contributed by atoms with E-state index in [0.29, 0.717) is 6.21 Å². The number of carbonyl (C=O) groups excluding carboxylic acids is 1. The Morgan fingerprint density at radius 1 is 1.19 bits per heavy atom. The molecule has 27 heavy (non-hydrogen) atoms. The molecular formula is C13H25N3O11. The molecule has 0 saturated carbocycles. The molecule has 0 aromatic carbocycles. The number of hydrogen-bond donors (Lipinski definition) is 10. The van der Waals surface area contributed by atoms with E-state index in [0.717, 1.165) is 0 Å². The van der Waals surface area contributed by atoms with Crippen molar-refractivity contribution in [3.8, 4) is 0 Å². The van der Waals surface area contributed by atoms with Gasteiger partial charge in [0.15, 0.2) is 6.29 Å². The van der Waals surface area contributed by atoms with Crippen LogP contribution >= 0.6 is 0 Å². The Labute approximate surface area is 153 Å².